The summed E-state index contributed by atoms with van der Waals surface area (Å²) in [6.07, 6.45) is 3.07. The van der Waals surface area contributed by atoms with Crippen molar-refractivity contribution in [1.29, 1.82) is 0 Å². The zero-order valence-electron chi connectivity index (χ0n) is 11.0. The lowest BCUT2D eigenvalue weighted by Gasteiger charge is -2.22. The van der Waals surface area contributed by atoms with Gasteiger partial charge in [-0.05, 0) is 37.3 Å². The molecule has 19 heavy (non-hydrogen) atoms. The second-order valence-corrected chi connectivity index (χ2v) is 4.92. The third-order valence-corrected chi connectivity index (χ3v) is 3.15. The van der Waals surface area contributed by atoms with E-state index < -0.39 is 17.7 Å². The summed E-state index contributed by atoms with van der Waals surface area (Å²) in [4.78, 5) is 13.7. The molecule has 0 heterocycles. The first kappa shape index (κ1) is 13.8. The van der Waals surface area contributed by atoms with Crippen LogP contribution in [0.25, 0.3) is 0 Å². The number of halogens is 2. The number of carbonyl (C=O) groups is 1. The summed E-state index contributed by atoms with van der Waals surface area (Å²) in [5.41, 5.74) is -0.371. The Bertz CT molecular complexity index is 441. The topological polar surface area (TPSA) is 32.3 Å². The number of para-hydroxylation sites is 1. The van der Waals surface area contributed by atoms with Crippen molar-refractivity contribution in [3.8, 4) is 0 Å². The predicted octanol–water partition coefficient (Wildman–Crippen LogP) is 3.62. The molecule has 1 saturated carbocycles. The number of urea groups is 1. The van der Waals surface area contributed by atoms with Crippen LogP contribution in [0, 0.1) is 17.6 Å². The third kappa shape index (κ3) is 3.66. The number of nitrogens with one attached hydrogen (secondary N) is 1. The molecule has 104 valence electrons. The van der Waals surface area contributed by atoms with Crippen molar-refractivity contribution in [2.24, 2.45) is 5.92 Å². The molecule has 0 radical (unpaired) electrons. The number of hydrogen-bond acceptors (Lipinski definition) is 1. The number of amides is 2. The van der Waals surface area contributed by atoms with Crippen molar-refractivity contribution in [2.45, 2.75) is 26.2 Å². The summed E-state index contributed by atoms with van der Waals surface area (Å²) in [6.45, 7) is 3.23. The van der Waals surface area contributed by atoms with Crippen molar-refractivity contribution in [3.05, 3.63) is 29.8 Å². The monoisotopic (exact) mass is 268 g/mol. The molecule has 0 atom stereocenters. The Hall–Kier alpha value is -1.65. The van der Waals surface area contributed by atoms with Gasteiger partial charge in [-0.3, -0.25) is 0 Å². The second kappa shape index (κ2) is 5.99. The fourth-order valence-electron chi connectivity index (χ4n) is 1.96. The SMILES string of the molecule is CCCN(CC1CC1)C(=O)Nc1c(F)cccc1F. The van der Waals surface area contributed by atoms with E-state index in [9.17, 15) is 13.6 Å². The van der Waals surface area contributed by atoms with Gasteiger partial charge in [0.05, 0.1) is 0 Å². The van der Waals surface area contributed by atoms with E-state index in [0.29, 0.717) is 19.0 Å². The molecule has 1 aliphatic carbocycles. The van der Waals surface area contributed by atoms with Gasteiger partial charge < -0.3 is 10.2 Å². The Kier molecular flexibility index (Phi) is 4.35. The van der Waals surface area contributed by atoms with Crippen molar-refractivity contribution in [3.63, 3.8) is 0 Å². The van der Waals surface area contributed by atoms with Gasteiger partial charge in [0.15, 0.2) is 0 Å². The van der Waals surface area contributed by atoms with Gasteiger partial charge >= 0.3 is 6.03 Å². The van der Waals surface area contributed by atoms with Crippen LogP contribution in [0.2, 0.25) is 0 Å². The van der Waals surface area contributed by atoms with E-state index >= 15 is 0 Å². The highest BCUT2D eigenvalue weighted by atomic mass is 19.1. The Labute approximate surface area is 111 Å². The predicted molar refractivity (Wildman–Crippen MR) is 70.0 cm³/mol. The van der Waals surface area contributed by atoms with Crippen molar-refractivity contribution >= 4 is 11.7 Å². The van der Waals surface area contributed by atoms with Crippen LogP contribution >= 0.6 is 0 Å². The van der Waals surface area contributed by atoms with Gasteiger partial charge in [0.2, 0.25) is 0 Å². The van der Waals surface area contributed by atoms with Crippen LogP contribution in [-0.2, 0) is 0 Å². The molecule has 0 saturated heterocycles. The molecule has 0 bridgehead atoms. The molecule has 2 amide bonds. The quantitative estimate of drug-likeness (QED) is 0.869. The zero-order chi connectivity index (χ0) is 13.8. The number of carbonyl (C=O) groups excluding carboxylic acids is 1. The minimum Gasteiger partial charge on any atom is -0.324 e. The summed E-state index contributed by atoms with van der Waals surface area (Å²) >= 11 is 0. The van der Waals surface area contributed by atoms with Crippen molar-refractivity contribution in [1.82, 2.24) is 4.90 Å². The summed E-state index contributed by atoms with van der Waals surface area (Å²) in [5.74, 6) is -0.963. The third-order valence-electron chi connectivity index (χ3n) is 3.15. The van der Waals surface area contributed by atoms with Gasteiger partial charge in [-0.1, -0.05) is 13.0 Å². The van der Waals surface area contributed by atoms with Gasteiger partial charge in [-0.15, -0.1) is 0 Å². The minimum absolute atomic E-state index is 0.371. The maximum atomic E-state index is 13.5. The zero-order valence-corrected chi connectivity index (χ0v) is 11.0. The maximum Gasteiger partial charge on any atom is 0.322 e. The van der Waals surface area contributed by atoms with Gasteiger partial charge in [0.25, 0.3) is 0 Å². The smallest absolute Gasteiger partial charge is 0.322 e. The number of hydrogen-bond donors (Lipinski definition) is 1. The highest BCUT2D eigenvalue weighted by Crippen LogP contribution is 2.30. The molecule has 3 nitrogen and oxygen atoms in total. The summed E-state index contributed by atoms with van der Waals surface area (Å²) in [7, 11) is 0. The number of benzene rings is 1. The van der Waals surface area contributed by atoms with Gasteiger partial charge in [0.1, 0.15) is 17.3 Å². The van der Waals surface area contributed by atoms with Crippen LogP contribution in [0.3, 0.4) is 0 Å². The van der Waals surface area contributed by atoms with Gasteiger partial charge in [0, 0.05) is 13.1 Å². The molecule has 0 aromatic heterocycles. The first-order valence-electron chi connectivity index (χ1n) is 6.61. The van der Waals surface area contributed by atoms with E-state index in [-0.39, 0.29) is 5.69 Å². The Balaban J connectivity index is 2.04. The number of anilines is 1. The van der Waals surface area contributed by atoms with E-state index in [1.807, 2.05) is 6.92 Å². The highest BCUT2D eigenvalue weighted by molar-refractivity contribution is 5.89. The normalized spacial score (nSPS) is 14.3. The Morgan fingerprint density at radius 3 is 2.53 bits per heavy atom. The molecule has 1 N–H and O–H groups in total. The lowest BCUT2D eigenvalue weighted by atomic mass is 10.3. The van der Waals surface area contributed by atoms with Crippen LogP contribution in [-0.4, -0.2) is 24.0 Å². The number of rotatable bonds is 5. The average molecular weight is 268 g/mol. The van der Waals surface area contributed by atoms with Crippen LogP contribution in [0.1, 0.15) is 26.2 Å². The highest BCUT2D eigenvalue weighted by Gasteiger charge is 2.27. The van der Waals surface area contributed by atoms with E-state index in [1.54, 1.807) is 4.90 Å². The lowest BCUT2D eigenvalue weighted by molar-refractivity contribution is 0.209. The largest absolute Gasteiger partial charge is 0.324 e. The van der Waals surface area contributed by atoms with E-state index in [1.165, 1.54) is 6.07 Å². The molecule has 1 aromatic carbocycles. The first-order valence-corrected chi connectivity index (χ1v) is 6.61. The maximum absolute atomic E-state index is 13.5. The van der Waals surface area contributed by atoms with Crippen LogP contribution < -0.4 is 5.32 Å². The molecule has 1 aliphatic rings. The Morgan fingerprint density at radius 1 is 1.37 bits per heavy atom. The molecule has 1 fully saturated rings. The van der Waals surface area contributed by atoms with E-state index in [0.717, 1.165) is 31.4 Å². The molecular formula is C14H18F2N2O. The molecule has 1 aromatic rings. The van der Waals surface area contributed by atoms with Crippen molar-refractivity contribution in [2.75, 3.05) is 18.4 Å². The first-order chi connectivity index (χ1) is 9.11. The molecular weight excluding hydrogens is 250 g/mol. The summed E-state index contributed by atoms with van der Waals surface area (Å²) in [6, 6.07) is 3.10. The molecule has 0 aliphatic heterocycles. The molecule has 0 spiro atoms. The van der Waals surface area contributed by atoms with Gasteiger partial charge in [-0.25, -0.2) is 13.6 Å². The molecule has 0 unspecified atom stereocenters. The molecule has 2 rings (SSSR count). The average Bonchev–Trinajstić information content (AvgIpc) is 3.17. The fourth-order valence-corrected chi connectivity index (χ4v) is 1.96. The molecule has 5 heteroatoms. The van der Waals surface area contributed by atoms with Crippen LogP contribution in [0.15, 0.2) is 18.2 Å². The van der Waals surface area contributed by atoms with Crippen LogP contribution in [0.5, 0.6) is 0 Å². The van der Waals surface area contributed by atoms with Crippen molar-refractivity contribution < 1.29 is 13.6 Å². The summed E-state index contributed by atoms with van der Waals surface area (Å²) < 4.78 is 26.9. The fraction of sp³-hybridized carbons (Fsp3) is 0.500. The van der Waals surface area contributed by atoms with E-state index in [4.69, 9.17) is 0 Å². The number of nitrogens with zero attached hydrogens (tertiary/aromatic N) is 1. The lowest BCUT2D eigenvalue weighted by Crippen LogP contribution is -2.37. The van der Waals surface area contributed by atoms with Gasteiger partial charge in [-0.2, -0.15) is 0 Å². The van der Waals surface area contributed by atoms with E-state index in [2.05, 4.69) is 5.32 Å². The minimum atomic E-state index is -0.753. The Morgan fingerprint density at radius 2 is 2.00 bits per heavy atom. The second-order valence-electron chi connectivity index (χ2n) is 4.92. The standard InChI is InChI=1S/C14H18F2N2O/c1-2-8-18(9-10-6-7-10)14(19)17-13-11(15)4-3-5-12(13)16/h3-5,10H,2,6-9H2,1H3,(H,17,19). The summed E-state index contributed by atoms with van der Waals surface area (Å²) in [5, 5.41) is 2.33. The van der Waals surface area contributed by atoms with Crippen LogP contribution in [0.4, 0.5) is 19.3 Å².